The molecule has 0 spiro atoms. The van der Waals surface area contributed by atoms with Gasteiger partial charge >= 0.3 is 7.69 Å². The molecule has 0 amide bonds. The fourth-order valence-corrected chi connectivity index (χ4v) is 2.28. The molecule has 0 aliphatic rings. The first kappa shape index (κ1) is 11.8. The molecule has 3 rings (SSSR count). The van der Waals surface area contributed by atoms with Crippen LogP contribution in [0.1, 0.15) is 0 Å². The van der Waals surface area contributed by atoms with Crippen LogP contribution in [0.15, 0.2) is 66.7 Å². The lowest BCUT2D eigenvalue weighted by molar-refractivity contribution is 0.454. The van der Waals surface area contributed by atoms with Crippen molar-refractivity contribution in [3.05, 3.63) is 66.7 Å². The predicted octanol–water partition coefficient (Wildman–Crippen LogP) is 3.14. The van der Waals surface area contributed by atoms with Crippen LogP contribution in [0.25, 0.3) is 21.9 Å². The molecule has 0 bridgehead atoms. The van der Waals surface area contributed by atoms with Gasteiger partial charge in [-0.25, -0.2) is 0 Å². The van der Waals surface area contributed by atoms with Crippen LogP contribution < -0.4 is 4.65 Å². The van der Waals surface area contributed by atoms with Crippen molar-refractivity contribution in [2.24, 2.45) is 0 Å². The van der Waals surface area contributed by atoms with Crippen molar-refractivity contribution in [3.63, 3.8) is 0 Å². The smallest absolute Gasteiger partial charge is 0.504 e. The Morgan fingerprint density at radius 3 is 2.32 bits per heavy atom. The Morgan fingerprint density at radius 2 is 1.53 bits per heavy atom. The number of fused-ring (bicyclic) bond motifs is 1. The fraction of sp³-hybridized carbons (Fsp3) is 0. The van der Waals surface area contributed by atoms with Gasteiger partial charge in [-0.1, -0.05) is 54.6 Å². The first-order chi connectivity index (χ1) is 9.38. The van der Waals surface area contributed by atoms with Gasteiger partial charge in [-0.3, -0.25) is 0 Å². The van der Waals surface area contributed by atoms with Crippen LogP contribution >= 0.6 is 0 Å². The first-order valence-electron chi connectivity index (χ1n) is 6.20. The highest BCUT2D eigenvalue weighted by molar-refractivity contribution is 6.17. The highest BCUT2D eigenvalue weighted by Gasteiger charge is 2.03. The predicted molar refractivity (Wildman–Crippen MR) is 79.4 cm³/mol. The van der Waals surface area contributed by atoms with Crippen molar-refractivity contribution in [1.82, 2.24) is 0 Å². The third-order valence-electron chi connectivity index (χ3n) is 3.19. The molecule has 0 radical (unpaired) electrons. The highest BCUT2D eigenvalue weighted by atomic mass is 16.5. The number of rotatable bonds is 3. The van der Waals surface area contributed by atoms with Crippen molar-refractivity contribution in [1.29, 1.82) is 0 Å². The lowest BCUT2D eigenvalue weighted by Gasteiger charge is -2.08. The molecule has 0 fully saturated rings. The van der Waals surface area contributed by atoms with Crippen LogP contribution in [0, 0.1) is 0 Å². The van der Waals surface area contributed by atoms with Gasteiger partial charge in [-0.15, -0.1) is 0 Å². The summed E-state index contributed by atoms with van der Waals surface area (Å²) in [6, 6.07) is 22.4. The maximum Gasteiger partial charge on any atom is 0.504 e. The molecule has 0 aliphatic carbocycles. The van der Waals surface area contributed by atoms with Crippen LogP contribution in [0.5, 0.6) is 5.75 Å². The van der Waals surface area contributed by atoms with E-state index in [-0.39, 0.29) is 7.69 Å². The summed E-state index contributed by atoms with van der Waals surface area (Å²) in [5.74, 6) is 0.673. The number of benzene rings is 3. The van der Waals surface area contributed by atoms with Gasteiger partial charge < -0.3 is 9.68 Å². The molecule has 0 saturated carbocycles. The molecule has 0 atom stereocenters. The molecule has 0 aliphatic heterocycles. The van der Waals surface area contributed by atoms with Crippen molar-refractivity contribution in [3.8, 4) is 16.9 Å². The van der Waals surface area contributed by atoms with Crippen molar-refractivity contribution in [2.75, 3.05) is 0 Å². The third-order valence-corrected chi connectivity index (χ3v) is 3.19. The monoisotopic (exact) mass is 248 g/mol. The summed E-state index contributed by atoms with van der Waals surface area (Å²) in [5.41, 5.74) is 2.34. The third kappa shape index (κ3) is 2.33. The Labute approximate surface area is 112 Å². The maximum absolute atomic E-state index is 8.73. The molecule has 0 saturated heterocycles. The second-order valence-electron chi connectivity index (χ2n) is 4.32. The minimum Gasteiger partial charge on any atom is -0.539 e. The van der Waals surface area contributed by atoms with Crippen LogP contribution in [0.4, 0.5) is 0 Å². The molecule has 3 heteroatoms. The first-order valence-corrected chi connectivity index (χ1v) is 6.20. The molecule has 0 unspecified atom stereocenters. The van der Waals surface area contributed by atoms with Crippen LogP contribution in [-0.4, -0.2) is 12.7 Å². The molecular formula is C16H13BO2. The van der Waals surface area contributed by atoms with E-state index >= 15 is 0 Å². The van der Waals surface area contributed by atoms with E-state index in [2.05, 4.69) is 36.4 Å². The molecule has 92 valence electrons. The van der Waals surface area contributed by atoms with E-state index in [1.807, 2.05) is 30.3 Å². The van der Waals surface area contributed by atoms with Crippen molar-refractivity contribution in [2.45, 2.75) is 0 Å². The van der Waals surface area contributed by atoms with E-state index in [4.69, 9.17) is 9.68 Å². The van der Waals surface area contributed by atoms with Gasteiger partial charge in [-0.2, -0.15) is 0 Å². The summed E-state index contributed by atoms with van der Waals surface area (Å²) in [6.45, 7) is 0. The fourth-order valence-electron chi connectivity index (χ4n) is 2.28. The molecule has 19 heavy (non-hydrogen) atoms. The van der Waals surface area contributed by atoms with E-state index in [1.165, 1.54) is 16.3 Å². The van der Waals surface area contributed by atoms with Crippen molar-refractivity contribution >= 4 is 18.5 Å². The summed E-state index contributed by atoms with van der Waals surface area (Å²) in [5, 5.41) is 11.2. The molecule has 0 heterocycles. The van der Waals surface area contributed by atoms with Gasteiger partial charge in [0.05, 0.1) is 0 Å². The quantitative estimate of drug-likeness (QED) is 0.721. The topological polar surface area (TPSA) is 29.5 Å². The summed E-state index contributed by atoms with van der Waals surface area (Å²) in [4.78, 5) is 0. The lowest BCUT2D eigenvalue weighted by atomic mass is 9.98. The summed E-state index contributed by atoms with van der Waals surface area (Å²) >= 11 is 0. The van der Waals surface area contributed by atoms with Gasteiger partial charge in [0.2, 0.25) is 0 Å². The summed E-state index contributed by atoms with van der Waals surface area (Å²) in [7, 11) is -0.298. The average molecular weight is 248 g/mol. The minimum absolute atomic E-state index is 0.298. The zero-order valence-corrected chi connectivity index (χ0v) is 10.4. The van der Waals surface area contributed by atoms with E-state index in [0.717, 1.165) is 5.56 Å². The second kappa shape index (κ2) is 5.16. The van der Waals surface area contributed by atoms with E-state index in [9.17, 15) is 0 Å². The van der Waals surface area contributed by atoms with Crippen LogP contribution in [0.3, 0.4) is 0 Å². The van der Waals surface area contributed by atoms with E-state index in [0.29, 0.717) is 5.75 Å². The SMILES string of the molecule is OBOc1ccc(-c2cccc3ccccc23)cc1. The minimum atomic E-state index is -0.298. The molecule has 1 N–H and O–H groups in total. The Balaban J connectivity index is 2.08. The average Bonchev–Trinajstić information content (AvgIpc) is 2.48. The molecule has 3 aromatic rings. The van der Waals surface area contributed by atoms with Gasteiger partial charge in [0.1, 0.15) is 5.75 Å². The highest BCUT2D eigenvalue weighted by Crippen LogP contribution is 2.29. The standard InChI is InChI=1S/C16H13BO2/c18-17-19-14-10-8-13(9-11-14)16-7-3-5-12-4-1-2-6-15(12)16/h1-11,17-18H. The van der Waals surface area contributed by atoms with E-state index in [1.54, 1.807) is 0 Å². The zero-order valence-electron chi connectivity index (χ0n) is 10.4. The normalized spacial score (nSPS) is 10.4. The Morgan fingerprint density at radius 1 is 0.789 bits per heavy atom. The van der Waals surface area contributed by atoms with Gasteiger partial charge in [-0.05, 0) is 34.0 Å². The number of hydrogen-bond donors (Lipinski definition) is 1. The lowest BCUT2D eigenvalue weighted by Crippen LogP contribution is -1.99. The van der Waals surface area contributed by atoms with Crippen molar-refractivity contribution < 1.29 is 9.68 Å². The van der Waals surface area contributed by atoms with Crippen LogP contribution in [-0.2, 0) is 0 Å². The number of hydrogen-bond acceptors (Lipinski definition) is 2. The summed E-state index contributed by atoms with van der Waals surface area (Å²) in [6.07, 6.45) is 0. The maximum atomic E-state index is 8.73. The summed E-state index contributed by atoms with van der Waals surface area (Å²) < 4.78 is 5.04. The molecule has 2 nitrogen and oxygen atoms in total. The molecular weight excluding hydrogens is 235 g/mol. The molecule has 3 aromatic carbocycles. The largest absolute Gasteiger partial charge is 0.539 e. The zero-order chi connectivity index (χ0) is 13.1. The Bertz CT molecular complexity index is 687. The Hall–Kier alpha value is -2.26. The van der Waals surface area contributed by atoms with E-state index < -0.39 is 0 Å². The second-order valence-corrected chi connectivity index (χ2v) is 4.32. The van der Waals surface area contributed by atoms with Gasteiger partial charge in [0, 0.05) is 0 Å². The Kier molecular flexibility index (Phi) is 3.21. The molecule has 0 aromatic heterocycles. The van der Waals surface area contributed by atoms with Gasteiger partial charge in [0.25, 0.3) is 0 Å². The van der Waals surface area contributed by atoms with Crippen LogP contribution in [0.2, 0.25) is 0 Å². The van der Waals surface area contributed by atoms with Gasteiger partial charge in [0.15, 0.2) is 0 Å².